The van der Waals surface area contributed by atoms with Gasteiger partial charge in [0.25, 0.3) is 0 Å². The van der Waals surface area contributed by atoms with Gasteiger partial charge in [-0.25, -0.2) is 0 Å². The SMILES string of the molecule is O=C(CCC1CCCC1)N(CCCN1CCOCC1)CC(=O)N(Cc1ccccc1)Cc1ccco1. The van der Waals surface area contributed by atoms with Crippen molar-refractivity contribution >= 4 is 11.8 Å². The van der Waals surface area contributed by atoms with Gasteiger partial charge in [0.2, 0.25) is 11.8 Å². The number of ether oxygens (including phenoxy) is 1. The molecule has 0 atom stereocenters. The molecule has 0 radical (unpaired) electrons. The van der Waals surface area contributed by atoms with Gasteiger partial charge in [-0.2, -0.15) is 0 Å². The maximum atomic E-state index is 13.6. The van der Waals surface area contributed by atoms with Crippen molar-refractivity contribution in [2.24, 2.45) is 5.92 Å². The first kappa shape index (κ1) is 26.4. The molecule has 1 saturated heterocycles. The first-order chi connectivity index (χ1) is 17.7. The minimum Gasteiger partial charge on any atom is -0.467 e. The number of hydrogen-bond acceptors (Lipinski definition) is 5. The van der Waals surface area contributed by atoms with Crippen molar-refractivity contribution < 1.29 is 18.7 Å². The van der Waals surface area contributed by atoms with E-state index in [2.05, 4.69) is 4.90 Å². The molecule has 0 N–H and O–H groups in total. The second-order valence-electron chi connectivity index (χ2n) is 10.1. The van der Waals surface area contributed by atoms with Crippen LogP contribution in [0.3, 0.4) is 0 Å². The van der Waals surface area contributed by atoms with Crippen LogP contribution in [0.4, 0.5) is 0 Å². The molecule has 1 aliphatic carbocycles. The Balaban J connectivity index is 1.39. The van der Waals surface area contributed by atoms with Gasteiger partial charge in [0.15, 0.2) is 0 Å². The molecule has 1 aliphatic heterocycles. The van der Waals surface area contributed by atoms with Crippen molar-refractivity contribution in [3.05, 3.63) is 60.1 Å². The van der Waals surface area contributed by atoms with Crippen LogP contribution in [0.15, 0.2) is 53.1 Å². The lowest BCUT2D eigenvalue weighted by Gasteiger charge is -2.30. The van der Waals surface area contributed by atoms with Crippen molar-refractivity contribution in [2.75, 3.05) is 45.9 Å². The number of carbonyl (C=O) groups is 2. The number of morpholine rings is 1. The van der Waals surface area contributed by atoms with Crippen LogP contribution < -0.4 is 0 Å². The van der Waals surface area contributed by atoms with E-state index in [1.54, 1.807) is 16.1 Å². The van der Waals surface area contributed by atoms with E-state index in [9.17, 15) is 9.59 Å². The third-order valence-corrected chi connectivity index (χ3v) is 7.42. The molecule has 2 heterocycles. The number of rotatable bonds is 13. The lowest BCUT2D eigenvalue weighted by atomic mass is 10.0. The van der Waals surface area contributed by atoms with Gasteiger partial charge in [0.1, 0.15) is 5.76 Å². The monoisotopic (exact) mass is 495 g/mol. The fraction of sp³-hybridized carbons (Fsp3) is 0.586. The van der Waals surface area contributed by atoms with Crippen molar-refractivity contribution in [2.45, 2.75) is 58.0 Å². The molecule has 7 nitrogen and oxygen atoms in total. The fourth-order valence-corrected chi connectivity index (χ4v) is 5.28. The highest BCUT2D eigenvalue weighted by Crippen LogP contribution is 2.28. The van der Waals surface area contributed by atoms with Crippen molar-refractivity contribution in [3.63, 3.8) is 0 Å². The molecule has 0 spiro atoms. The quantitative estimate of drug-likeness (QED) is 0.414. The summed E-state index contributed by atoms with van der Waals surface area (Å²) in [7, 11) is 0. The zero-order chi connectivity index (χ0) is 25.0. The van der Waals surface area contributed by atoms with Gasteiger partial charge in [-0.3, -0.25) is 14.5 Å². The van der Waals surface area contributed by atoms with Crippen molar-refractivity contribution in [1.29, 1.82) is 0 Å². The molecule has 2 amide bonds. The summed E-state index contributed by atoms with van der Waals surface area (Å²) in [5, 5.41) is 0. The topological polar surface area (TPSA) is 66.2 Å². The van der Waals surface area contributed by atoms with Crippen molar-refractivity contribution in [3.8, 4) is 0 Å². The van der Waals surface area contributed by atoms with Gasteiger partial charge in [0.05, 0.1) is 32.6 Å². The van der Waals surface area contributed by atoms with E-state index in [1.165, 1.54) is 25.7 Å². The van der Waals surface area contributed by atoms with Gasteiger partial charge in [0, 0.05) is 39.1 Å². The van der Waals surface area contributed by atoms with E-state index in [0.717, 1.165) is 57.0 Å². The first-order valence-electron chi connectivity index (χ1n) is 13.6. The van der Waals surface area contributed by atoms with E-state index in [1.807, 2.05) is 42.5 Å². The summed E-state index contributed by atoms with van der Waals surface area (Å²) >= 11 is 0. The second kappa shape index (κ2) is 14.2. The molecular formula is C29H41N3O4. The molecule has 2 fully saturated rings. The number of benzene rings is 1. The minimum absolute atomic E-state index is 0.0455. The molecule has 196 valence electrons. The Morgan fingerprint density at radius 3 is 2.42 bits per heavy atom. The smallest absolute Gasteiger partial charge is 0.242 e. The normalized spacial score (nSPS) is 16.8. The van der Waals surface area contributed by atoms with Crippen LogP contribution in [-0.4, -0.2) is 72.5 Å². The van der Waals surface area contributed by atoms with Gasteiger partial charge in [-0.15, -0.1) is 0 Å². The second-order valence-corrected chi connectivity index (χ2v) is 10.1. The minimum atomic E-state index is -0.0455. The van der Waals surface area contributed by atoms with E-state index < -0.39 is 0 Å². The standard InChI is InChI=1S/C29H41N3O4/c33-28(14-13-25-8-4-5-9-25)31(16-7-15-30-17-20-35-21-18-30)24-29(34)32(23-27-12-6-19-36-27)22-26-10-2-1-3-11-26/h1-3,6,10-12,19,25H,4-5,7-9,13-18,20-24H2. The molecule has 36 heavy (non-hydrogen) atoms. The van der Waals surface area contributed by atoms with Crippen LogP contribution >= 0.6 is 0 Å². The number of carbonyl (C=O) groups excluding carboxylic acids is 2. The molecule has 0 unspecified atom stereocenters. The fourth-order valence-electron chi connectivity index (χ4n) is 5.28. The summed E-state index contributed by atoms with van der Waals surface area (Å²) in [5.41, 5.74) is 1.06. The Hall–Kier alpha value is -2.64. The third kappa shape index (κ3) is 8.49. The van der Waals surface area contributed by atoms with Crippen LogP contribution in [-0.2, 0) is 27.4 Å². The Morgan fingerprint density at radius 1 is 0.917 bits per heavy atom. The van der Waals surface area contributed by atoms with Crippen LogP contribution in [0.5, 0.6) is 0 Å². The molecule has 0 bridgehead atoms. The van der Waals surface area contributed by atoms with E-state index in [0.29, 0.717) is 32.0 Å². The largest absolute Gasteiger partial charge is 0.467 e. The van der Waals surface area contributed by atoms with Crippen molar-refractivity contribution in [1.82, 2.24) is 14.7 Å². The molecule has 1 aromatic carbocycles. The van der Waals surface area contributed by atoms with E-state index >= 15 is 0 Å². The first-order valence-corrected chi connectivity index (χ1v) is 13.6. The average molecular weight is 496 g/mol. The van der Waals surface area contributed by atoms with Crippen LogP contribution in [0.25, 0.3) is 0 Å². The van der Waals surface area contributed by atoms with Crippen LogP contribution in [0.2, 0.25) is 0 Å². The summed E-state index contributed by atoms with van der Waals surface area (Å²) in [4.78, 5) is 32.9. The zero-order valence-corrected chi connectivity index (χ0v) is 21.5. The summed E-state index contributed by atoms with van der Waals surface area (Å²) in [6.07, 6.45) is 8.99. The molecule has 4 rings (SSSR count). The highest BCUT2D eigenvalue weighted by Gasteiger charge is 2.24. The number of nitrogens with zero attached hydrogens (tertiary/aromatic N) is 3. The average Bonchev–Trinajstić information content (AvgIpc) is 3.62. The summed E-state index contributed by atoms with van der Waals surface area (Å²) < 4.78 is 11.0. The summed E-state index contributed by atoms with van der Waals surface area (Å²) in [6, 6.07) is 13.7. The maximum Gasteiger partial charge on any atom is 0.242 e. The number of amides is 2. The summed E-state index contributed by atoms with van der Waals surface area (Å²) in [5.74, 6) is 1.46. The predicted octanol–water partition coefficient (Wildman–Crippen LogP) is 4.33. The van der Waals surface area contributed by atoms with Gasteiger partial charge in [-0.05, 0) is 36.5 Å². The Kier molecular flexibility index (Phi) is 10.4. The van der Waals surface area contributed by atoms with Crippen LogP contribution in [0.1, 0.15) is 56.3 Å². The molecule has 7 heteroatoms. The molecule has 2 aromatic rings. The molecular weight excluding hydrogens is 454 g/mol. The lowest BCUT2D eigenvalue weighted by molar-refractivity contribution is -0.141. The van der Waals surface area contributed by atoms with Gasteiger partial charge < -0.3 is 19.0 Å². The molecule has 1 aromatic heterocycles. The van der Waals surface area contributed by atoms with E-state index in [4.69, 9.17) is 9.15 Å². The highest BCUT2D eigenvalue weighted by atomic mass is 16.5. The Bertz CT molecular complexity index is 906. The highest BCUT2D eigenvalue weighted by molar-refractivity contribution is 5.84. The zero-order valence-electron chi connectivity index (χ0n) is 21.5. The maximum absolute atomic E-state index is 13.6. The summed E-state index contributed by atoms with van der Waals surface area (Å²) in [6.45, 7) is 5.91. The Labute approximate surface area is 215 Å². The molecule has 1 saturated carbocycles. The van der Waals surface area contributed by atoms with Gasteiger partial charge in [-0.1, -0.05) is 56.0 Å². The molecule has 2 aliphatic rings. The lowest BCUT2D eigenvalue weighted by Crippen LogP contribution is -2.44. The number of hydrogen-bond donors (Lipinski definition) is 0. The van der Waals surface area contributed by atoms with Crippen LogP contribution in [0, 0.1) is 5.92 Å². The predicted molar refractivity (Wildman–Crippen MR) is 139 cm³/mol. The van der Waals surface area contributed by atoms with Gasteiger partial charge >= 0.3 is 0 Å². The number of furan rings is 1. The Morgan fingerprint density at radius 2 is 1.69 bits per heavy atom. The third-order valence-electron chi connectivity index (χ3n) is 7.42. The van der Waals surface area contributed by atoms with E-state index in [-0.39, 0.29) is 18.4 Å².